The van der Waals surface area contributed by atoms with Gasteiger partial charge < -0.3 is 5.73 Å². The lowest BCUT2D eigenvalue weighted by molar-refractivity contribution is 0.584. The molecule has 0 amide bonds. The standard InChI is InChI=1S/C14H13F2N/c1-8-3-10(6-14(17)9(8)2)11-4-12(15)7-13(16)5-11/h3-7H,17H2,1-2H3. The molecule has 0 aliphatic rings. The average molecular weight is 233 g/mol. The van der Waals surface area contributed by atoms with Crippen LogP contribution in [0.15, 0.2) is 30.3 Å². The molecule has 0 spiro atoms. The monoisotopic (exact) mass is 233 g/mol. The summed E-state index contributed by atoms with van der Waals surface area (Å²) in [5, 5.41) is 0. The first kappa shape index (κ1) is 11.6. The highest BCUT2D eigenvalue weighted by Crippen LogP contribution is 2.27. The van der Waals surface area contributed by atoms with E-state index >= 15 is 0 Å². The van der Waals surface area contributed by atoms with Gasteiger partial charge in [0.25, 0.3) is 0 Å². The van der Waals surface area contributed by atoms with Crippen LogP contribution in [0.2, 0.25) is 0 Å². The van der Waals surface area contributed by atoms with Crippen molar-refractivity contribution in [1.82, 2.24) is 0 Å². The van der Waals surface area contributed by atoms with E-state index in [2.05, 4.69) is 0 Å². The van der Waals surface area contributed by atoms with Crippen LogP contribution in [-0.4, -0.2) is 0 Å². The maximum Gasteiger partial charge on any atom is 0.126 e. The number of nitrogens with two attached hydrogens (primary N) is 1. The van der Waals surface area contributed by atoms with Crippen LogP contribution in [0, 0.1) is 25.5 Å². The average Bonchev–Trinajstić information content (AvgIpc) is 2.23. The normalized spacial score (nSPS) is 10.6. The van der Waals surface area contributed by atoms with Crippen molar-refractivity contribution in [3.05, 3.63) is 53.1 Å². The van der Waals surface area contributed by atoms with Crippen molar-refractivity contribution < 1.29 is 8.78 Å². The summed E-state index contributed by atoms with van der Waals surface area (Å²) in [7, 11) is 0. The number of anilines is 1. The quantitative estimate of drug-likeness (QED) is 0.744. The maximum absolute atomic E-state index is 13.1. The van der Waals surface area contributed by atoms with Crippen molar-refractivity contribution in [3.8, 4) is 11.1 Å². The largest absolute Gasteiger partial charge is 0.398 e. The summed E-state index contributed by atoms with van der Waals surface area (Å²) in [4.78, 5) is 0. The maximum atomic E-state index is 13.1. The van der Waals surface area contributed by atoms with Gasteiger partial charge in [-0.05, 0) is 54.3 Å². The van der Waals surface area contributed by atoms with Gasteiger partial charge in [-0.2, -0.15) is 0 Å². The highest BCUT2D eigenvalue weighted by Gasteiger charge is 2.06. The molecular weight excluding hydrogens is 220 g/mol. The van der Waals surface area contributed by atoms with Crippen LogP contribution in [-0.2, 0) is 0 Å². The Kier molecular flexibility index (Phi) is 2.84. The predicted octanol–water partition coefficient (Wildman–Crippen LogP) is 3.83. The molecule has 0 bridgehead atoms. The van der Waals surface area contributed by atoms with E-state index in [4.69, 9.17) is 5.73 Å². The number of halogens is 2. The van der Waals surface area contributed by atoms with Crippen molar-refractivity contribution >= 4 is 5.69 Å². The van der Waals surface area contributed by atoms with Gasteiger partial charge in [0, 0.05) is 11.8 Å². The molecule has 0 heterocycles. The Labute approximate surface area is 98.9 Å². The van der Waals surface area contributed by atoms with Gasteiger partial charge in [0.05, 0.1) is 0 Å². The Bertz CT molecular complexity index is 533. The molecule has 17 heavy (non-hydrogen) atoms. The molecule has 88 valence electrons. The molecule has 0 unspecified atom stereocenters. The molecule has 0 aromatic heterocycles. The molecule has 0 saturated carbocycles. The summed E-state index contributed by atoms with van der Waals surface area (Å²) in [6.45, 7) is 3.84. The lowest BCUT2D eigenvalue weighted by Crippen LogP contribution is -1.94. The summed E-state index contributed by atoms with van der Waals surface area (Å²) in [6.07, 6.45) is 0. The Hall–Kier alpha value is -1.90. The van der Waals surface area contributed by atoms with Crippen LogP contribution in [0.4, 0.5) is 14.5 Å². The molecule has 3 heteroatoms. The highest BCUT2D eigenvalue weighted by atomic mass is 19.1. The summed E-state index contributed by atoms with van der Waals surface area (Å²) in [5.41, 5.74) is 9.70. The van der Waals surface area contributed by atoms with Gasteiger partial charge in [-0.25, -0.2) is 8.78 Å². The van der Waals surface area contributed by atoms with Gasteiger partial charge in [-0.15, -0.1) is 0 Å². The molecule has 0 saturated heterocycles. The van der Waals surface area contributed by atoms with Crippen molar-refractivity contribution in [2.24, 2.45) is 0 Å². The minimum absolute atomic E-state index is 0.498. The number of aryl methyl sites for hydroxylation is 1. The summed E-state index contributed by atoms with van der Waals surface area (Å²) in [5.74, 6) is -1.17. The van der Waals surface area contributed by atoms with Gasteiger partial charge in [-0.3, -0.25) is 0 Å². The zero-order valence-electron chi connectivity index (χ0n) is 9.72. The van der Waals surface area contributed by atoms with E-state index < -0.39 is 11.6 Å². The summed E-state index contributed by atoms with van der Waals surface area (Å²) in [6, 6.07) is 7.06. The molecule has 2 aromatic carbocycles. The highest BCUT2D eigenvalue weighted by molar-refractivity contribution is 5.70. The van der Waals surface area contributed by atoms with E-state index in [1.54, 1.807) is 6.07 Å². The second-order valence-corrected chi connectivity index (χ2v) is 4.17. The van der Waals surface area contributed by atoms with Crippen LogP contribution in [0.1, 0.15) is 11.1 Å². The number of nitrogen functional groups attached to an aromatic ring is 1. The molecule has 0 fully saturated rings. The molecule has 0 aliphatic carbocycles. The lowest BCUT2D eigenvalue weighted by atomic mass is 9.99. The molecule has 0 atom stereocenters. The third-order valence-corrected chi connectivity index (χ3v) is 2.90. The lowest BCUT2D eigenvalue weighted by Gasteiger charge is -2.09. The van der Waals surface area contributed by atoms with E-state index in [9.17, 15) is 8.78 Å². The molecular formula is C14H13F2N. The SMILES string of the molecule is Cc1cc(-c2cc(F)cc(F)c2)cc(N)c1C. The molecule has 2 N–H and O–H groups in total. The van der Waals surface area contributed by atoms with Crippen LogP contribution in [0.3, 0.4) is 0 Å². The van der Waals surface area contributed by atoms with Crippen molar-refractivity contribution in [3.63, 3.8) is 0 Å². The van der Waals surface area contributed by atoms with Gasteiger partial charge in [0.1, 0.15) is 11.6 Å². The van der Waals surface area contributed by atoms with E-state index in [0.29, 0.717) is 11.3 Å². The zero-order valence-corrected chi connectivity index (χ0v) is 9.72. The van der Waals surface area contributed by atoms with Crippen molar-refractivity contribution in [1.29, 1.82) is 0 Å². The van der Waals surface area contributed by atoms with Crippen molar-refractivity contribution in [2.75, 3.05) is 5.73 Å². The van der Waals surface area contributed by atoms with Gasteiger partial charge in [-0.1, -0.05) is 6.07 Å². The third kappa shape index (κ3) is 2.28. The van der Waals surface area contributed by atoms with E-state index in [1.807, 2.05) is 19.9 Å². The number of hydrogen-bond donors (Lipinski definition) is 1. The minimum atomic E-state index is -0.586. The van der Waals surface area contributed by atoms with Gasteiger partial charge in [0.2, 0.25) is 0 Å². The van der Waals surface area contributed by atoms with Crippen LogP contribution in [0.25, 0.3) is 11.1 Å². The second-order valence-electron chi connectivity index (χ2n) is 4.17. The topological polar surface area (TPSA) is 26.0 Å². The first-order chi connectivity index (χ1) is 7.97. The summed E-state index contributed by atoms with van der Waals surface area (Å²) >= 11 is 0. The predicted molar refractivity (Wildman–Crippen MR) is 65.7 cm³/mol. The number of hydrogen-bond acceptors (Lipinski definition) is 1. The van der Waals surface area contributed by atoms with E-state index in [1.165, 1.54) is 12.1 Å². The zero-order chi connectivity index (χ0) is 12.6. The van der Waals surface area contributed by atoms with Crippen LogP contribution in [0.5, 0.6) is 0 Å². The first-order valence-electron chi connectivity index (χ1n) is 5.30. The van der Waals surface area contributed by atoms with Gasteiger partial charge >= 0.3 is 0 Å². The molecule has 0 aliphatic heterocycles. The fraction of sp³-hybridized carbons (Fsp3) is 0.143. The molecule has 0 radical (unpaired) electrons. The van der Waals surface area contributed by atoms with E-state index in [-0.39, 0.29) is 0 Å². The fourth-order valence-corrected chi connectivity index (χ4v) is 1.77. The van der Waals surface area contributed by atoms with Crippen LogP contribution < -0.4 is 5.73 Å². The fourth-order valence-electron chi connectivity index (χ4n) is 1.77. The molecule has 1 nitrogen and oxygen atoms in total. The van der Waals surface area contributed by atoms with Crippen LogP contribution >= 0.6 is 0 Å². The Morgan fingerprint density at radius 2 is 1.35 bits per heavy atom. The third-order valence-electron chi connectivity index (χ3n) is 2.90. The van der Waals surface area contributed by atoms with Gasteiger partial charge in [0.15, 0.2) is 0 Å². The second kappa shape index (κ2) is 4.17. The Morgan fingerprint density at radius 1 is 0.824 bits per heavy atom. The smallest absolute Gasteiger partial charge is 0.126 e. The molecule has 2 rings (SSSR count). The molecule has 2 aromatic rings. The number of benzene rings is 2. The first-order valence-corrected chi connectivity index (χ1v) is 5.30. The Balaban J connectivity index is 2.60. The summed E-state index contributed by atoms with van der Waals surface area (Å²) < 4.78 is 26.2. The Morgan fingerprint density at radius 3 is 1.88 bits per heavy atom. The van der Waals surface area contributed by atoms with E-state index in [0.717, 1.165) is 22.8 Å². The minimum Gasteiger partial charge on any atom is -0.398 e. The van der Waals surface area contributed by atoms with Crippen molar-refractivity contribution in [2.45, 2.75) is 13.8 Å². The number of rotatable bonds is 1.